The number of morpholine rings is 4. The molecule has 498 valence electrons. The fourth-order valence-electron chi connectivity index (χ4n) is 11.9. The Balaban J connectivity index is 0.692. The van der Waals surface area contributed by atoms with E-state index >= 15 is 0 Å². The molecule has 0 saturated carbocycles. The molecule has 2 aliphatic carbocycles. The Labute approximate surface area is 538 Å². The van der Waals surface area contributed by atoms with Gasteiger partial charge in [-0.15, -0.1) is 20.4 Å². The minimum absolute atomic E-state index is 0.0288. The number of allylic oxidation sites excluding steroid dienone is 7. The van der Waals surface area contributed by atoms with Crippen LogP contribution in [0.15, 0.2) is 90.3 Å². The van der Waals surface area contributed by atoms with Gasteiger partial charge < -0.3 is 47.9 Å². The van der Waals surface area contributed by atoms with Crippen molar-refractivity contribution >= 4 is 22.8 Å². The zero-order valence-electron chi connectivity index (χ0n) is 53.4. The summed E-state index contributed by atoms with van der Waals surface area (Å²) in [5, 5.41) is 46.4. The molecule has 0 radical (unpaired) electrons. The van der Waals surface area contributed by atoms with E-state index in [4.69, 9.17) is 37.9 Å². The Kier molecular flexibility index (Phi) is 26.1. The second-order valence-electron chi connectivity index (χ2n) is 23.8. The van der Waals surface area contributed by atoms with E-state index < -0.39 is 0 Å². The minimum atomic E-state index is -0.216. The molecule has 28 nitrogen and oxygen atoms in total. The first kappa shape index (κ1) is 66.6. The lowest BCUT2D eigenvalue weighted by molar-refractivity contribution is -0.532. The topological polar surface area (TPSA) is 253 Å². The Bertz CT molecular complexity index is 3040. The highest BCUT2D eigenvalue weighted by molar-refractivity contribution is 6.39. The Hall–Kier alpha value is -6.80. The maximum atomic E-state index is 14.0. The Morgan fingerprint density at radius 3 is 1.14 bits per heavy atom. The third-order valence-corrected chi connectivity index (χ3v) is 17.2. The van der Waals surface area contributed by atoms with Gasteiger partial charge in [0.2, 0.25) is 5.78 Å². The number of aliphatic hydroxyl groups is 1. The van der Waals surface area contributed by atoms with Crippen molar-refractivity contribution in [2.45, 2.75) is 78.3 Å². The highest BCUT2D eigenvalue weighted by Crippen LogP contribution is 2.39. The first-order valence-corrected chi connectivity index (χ1v) is 33.1. The second kappa shape index (κ2) is 36.0. The number of hydrogen-bond acceptors (Lipinski definition) is 23. The van der Waals surface area contributed by atoms with E-state index in [0.29, 0.717) is 90.2 Å². The predicted octanol–water partition coefficient (Wildman–Crippen LogP) is 2.34. The van der Waals surface area contributed by atoms with Crippen molar-refractivity contribution < 1.29 is 52.4 Å². The maximum absolute atomic E-state index is 14.0. The molecule has 6 aliphatic rings. The number of anilines is 1. The normalized spacial score (nSPS) is 18.0. The summed E-state index contributed by atoms with van der Waals surface area (Å²) in [4.78, 5) is 25.9. The fraction of sp³-hybridized carbons (Fsp3) is 0.625. The van der Waals surface area contributed by atoms with E-state index in [1.807, 2.05) is 92.1 Å². The molecule has 4 saturated heterocycles. The van der Waals surface area contributed by atoms with Gasteiger partial charge in [0.1, 0.15) is 41.7 Å². The minimum Gasteiger partial charge on any atom is -0.506 e. The highest BCUT2D eigenvalue weighted by Gasteiger charge is 2.37. The van der Waals surface area contributed by atoms with Gasteiger partial charge >= 0.3 is 0 Å². The number of aromatic nitrogens is 12. The van der Waals surface area contributed by atoms with Crippen LogP contribution in [0.25, 0.3) is 5.57 Å². The molecule has 28 heteroatoms. The summed E-state index contributed by atoms with van der Waals surface area (Å²) in [7, 11) is 0. The highest BCUT2D eigenvalue weighted by atomic mass is 16.5. The quantitative estimate of drug-likeness (QED) is 0.0338. The van der Waals surface area contributed by atoms with Crippen LogP contribution in [-0.2, 0) is 95.3 Å². The molecule has 0 amide bonds. The van der Waals surface area contributed by atoms with E-state index in [1.54, 1.807) is 0 Å². The number of aryl methyl sites for hydroxylation is 4. The number of Topliss-reactive ketones (excluding diaryl/α,β-unsaturated/α-hetero) is 1. The smallest absolute Gasteiger partial charge is 0.201 e. The number of ketones is 1. The third kappa shape index (κ3) is 20.6. The summed E-state index contributed by atoms with van der Waals surface area (Å²) < 4.78 is 56.4. The molecule has 4 fully saturated rings. The van der Waals surface area contributed by atoms with E-state index in [-0.39, 0.29) is 22.7 Å². The standard InChI is InChI=1S/C64H92N18O10/c83-63-61(53-5-9-59(10-6-53)77(29-41-89-49-55-45-79(69-65-55)17-1-13-73-21-33-85-34-22-73)30-42-90-50-56-46-80(70-66-56)18-2-14-74-23-35-86-36-24-74)64(84)62(63)54-7-11-60(12-8-54)78(31-43-91-51-57-47-81(71-67-57)19-3-15-75-25-37-87-38-26-75)32-44-92-52-58-48-82(72-68-58)20-4-16-76-27-39-88-40-28-76/h5-12,45-48H,1-4,13-44,49-52H2/p+1. The van der Waals surface area contributed by atoms with E-state index in [9.17, 15) is 9.90 Å². The number of rotatable bonds is 38. The molecule has 0 atom stereocenters. The molecule has 1 N–H and O–H groups in total. The van der Waals surface area contributed by atoms with Gasteiger partial charge in [0.05, 0.1) is 128 Å². The van der Waals surface area contributed by atoms with Crippen LogP contribution in [0.4, 0.5) is 5.69 Å². The zero-order valence-corrected chi connectivity index (χ0v) is 53.4. The van der Waals surface area contributed by atoms with Crippen LogP contribution in [-0.4, -0.2) is 285 Å². The van der Waals surface area contributed by atoms with Gasteiger partial charge in [-0.2, -0.15) is 0 Å². The number of ether oxygens (including phenoxy) is 8. The van der Waals surface area contributed by atoms with Crippen molar-refractivity contribution in [3.05, 3.63) is 119 Å². The van der Waals surface area contributed by atoms with Gasteiger partial charge in [-0.05, 0) is 61.1 Å². The summed E-state index contributed by atoms with van der Waals surface area (Å²) >= 11 is 0. The lowest BCUT2D eigenvalue weighted by atomic mass is 9.80. The number of aliphatic hydroxyl groups excluding tert-OH is 1. The van der Waals surface area contributed by atoms with Crippen molar-refractivity contribution in [1.29, 1.82) is 0 Å². The molecular weight excluding hydrogens is 1180 g/mol. The summed E-state index contributed by atoms with van der Waals surface area (Å²) in [6.07, 6.45) is 19.5. The molecule has 5 aromatic rings. The summed E-state index contributed by atoms with van der Waals surface area (Å²) in [6.45, 7) is 26.5. The first-order valence-electron chi connectivity index (χ1n) is 33.1. The number of hydrogen-bond donors (Lipinski definition) is 1. The van der Waals surface area contributed by atoms with Crippen molar-refractivity contribution in [2.24, 2.45) is 0 Å². The Morgan fingerprint density at radius 2 is 0.793 bits per heavy atom. The monoisotopic (exact) mass is 1270 g/mol. The van der Waals surface area contributed by atoms with Crippen molar-refractivity contribution in [2.75, 3.05) is 189 Å². The van der Waals surface area contributed by atoms with Crippen molar-refractivity contribution in [3.8, 4) is 0 Å². The lowest BCUT2D eigenvalue weighted by Crippen LogP contribution is -2.37. The van der Waals surface area contributed by atoms with Crippen molar-refractivity contribution in [1.82, 2.24) is 79.6 Å². The summed E-state index contributed by atoms with van der Waals surface area (Å²) in [5.41, 5.74) is 6.79. The molecule has 8 heterocycles. The molecule has 1 aromatic carbocycles. The van der Waals surface area contributed by atoms with Gasteiger partial charge in [-0.3, -0.25) is 43.1 Å². The predicted molar refractivity (Wildman–Crippen MR) is 340 cm³/mol. The Morgan fingerprint density at radius 1 is 0.446 bits per heavy atom. The molecule has 4 aliphatic heterocycles. The third-order valence-electron chi connectivity index (χ3n) is 17.2. The SMILES string of the molecule is O=C1C(=C2C=CC(=[N+](CCOCc3cn(CCCN4CCOCC4)nn3)CCOCc3cn(CCCN4CCOCC4)nn3)C=C2)C(O)=C1c1ccc(N(CCOCc2cn(CCCN3CCOCC3)nn2)CCOCc2cn(CCCN3CCOCC3)nn2)cc1. The molecule has 4 aromatic heterocycles. The van der Waals surface area contributed by atoms with Gasteiger partial charge in [0.25, 0.3) is 0 Å². The largest absolute Gasteiger partial charge is 0.506 e. The number of benzene rings is 1. The molecule has 92 heavy (non-hydrogen) atoms. The molecule has 11 rings (SSSR count). The van der Waals surface area contributed by atoms with E-state index in [1.165, 1.54) is 0 Å². The van der Waals surface area contributed by atoms with Crippen LogP contribution in [0.5, 0.6) is 0 Å². The summed E-state index contributed by atoms with van der Waals surface area (Å²) in [5.74, 6) is -0.245. The van der Waals surface area contributed by atoms with Crippen LogP contribution in [0.2, 0.25) is 0 Å². The van der Waals surface area contributed by atoms with E-state index in [0.717, 1.165) is 217 Å². The van der Waals surface area contributed by atoms with Crippen molar-refractivity contribution in [3.63, 3.8) is 0 Å². The number of nitrogens with zero attached hydrogens (tertiary/aromatic N) is 18. The number of carbonyl (C=O) groups excluding carboxylic acids is 1. The maximum Gasteiger partial charge on any atom is 0.201 e. The van der Waals surface area contributed by atoms with Crippen LogP contribution < -0.4 is 4.90 Å². The summed E-state index contributed by atoms with van der Waals surface area (Å²) in [6, 6.07) is 7.71. The molecule has 0 bridgehead atoms. The average Bonchev–Trinajstić information content (AvgIpc) is 0.894. The fourth-order valence-corrected chi connectivity index (χ4v) is 11.9. The molecule has 0 spiro atoms. The lowest BCUT2D eigenvalue weighted by Gasteiger charge is -2.26. The van der Waals surface area contributed by atoms with Gasteiger partial charge in [-0.1, -0.05) is 33.0 Å². The van der Waals surface area contributed by atoms with Crippen LogP contribution in [0.3, 0.4) is 0 Å². The van der Waals surface area contributed by atoms with Gasteiger partial charge in [0, 0.05) is 136 Å². The first-order chi connectivity index (χ1) is 45.4. The molecule has 0 unspecified atom stereocenters. The molecular formula is C64H93N18O10+. The van der Waals surface area contributed by atoms with Crippen LogP contribution >= 0.6 is 0 Å². The van der Waals surface area contributed by atoms with Gasteiger partial charge in [-0.25, -0.2) is 4.58 Å². The zero-order chi connectivity index (χ0) is 62.8. The number of carbonyl (C=O) groups is 1. The van der Waals surface area contributed by atoms with E-state index in [2.05, 4.69) is 70.3 Å². The second-order valence-corrected chi connectivity index (χ2v) is 23.8. The average molecular weight is 1270 g/mol. The van der Waals surface area contributed by atoms with Crippen LogP contribution in [0, 0.1) is 0 Å². The van der Waals surface area contributed by atoms with Crippen LogP contribution in [0.1, 0.15) is 54.0 Å². The van der Waals surface area contributed by atoms with Gasteiger partial charge in [0.15, 0.2) is 18.8 Å².